The first kappa shape index (κ1) is 10.7. The average Bonchev–Trinajstić information content (AvgIpc) is 2.60. The number of hydrogen-bond donors (Lipinski definition) is 1. The zero-order valence-electron chi connectivity index (χ0n) is 8.11. The zero-order chi connectivity index (χ0) is 9.52. The lowest BCUT2D eigenvalue weighted by molar-refractivity contribution is -0.0682. The molecule has 0 aromatic heterocycles. The topological polar surface area (TPSA) is 38.7 Å². The Kier molecular flexibility index (Phi) is 5.05. The summed E-state index contributed by atoms with van der Waals surface area (Å²) in [5.41, 5.74) is 0. The second-order valence-electron chi connectivity index (χ2n) is 3.16. The van der Waals surface area contributed by atoms with Gasteiger partial charge in [0, 0.05) is 6.42 Å². The van der Waals surface area contributed by atoms with E-state index in [0.29, 0.717) is 6.61 Å². The van der Waals surface area contributed by atoms with Gasteiger partial charge in [0.2, 0.25) is 0 Å². The Morgan fingerprint density at radius 1 is 1.46 bits per heavy atom. The normalized spacial score (nSPS) is 28.8. The van der Waals surface area contributed by atoms with Crippen LogP contribution in [0.15, 0.2) is 12.2 Å². The van der Waals surface area contributed by atoms with Gasteiger partial charge in [-0.1, -0.05) is 19.1 Å². The van der Waals surface area contributed by atoms with E-state index in [0.717, 1.165) is 19.3 Å². The fourth-order valence-electron chi connectivity index (χ4n) is 1.27. The van der Waals surface area contributed by atoms with Crippen molar-refractivity contribution in [2.24, 2.45) is 0 Å². The van der Waals surface area contributed by atoms with E-state index in [9.17, 15) is 0 Å². The summed E-state index contributed by atoms with van der Waals surface area (Å²) in [6.45, 7) is 2.70. The third-order valence-corrected chi connectivity index (χ3v) is 1.99. The van der Waals surface area contributed by atoms with Crippen LogP contribution in [-0.2, 0) is 9.47 Å². The number of ether oxygens (including phenoxy) is 2. The molecular weight excluding hydrogens is 168 g/mol. The maximum Gasteiger partial charge on any atom is 0.158 e. The predicted molar refractivity (Wildman–Crippen MR) is 50.4 cm³/mol. The molecule has 0 saturated carbocycles. The van der Waals surface area contributed by atoms with Crippen molar-refractivity contribution in [3.05, 3.63) is 12.2 Å². The van der Waals surface area contributed by atoms with Crippen molar-refractivity contribution in [2.75, 3.05) is 13.2 Å². The Labute approximate surface area is 79.3 Å². The highest BCUT2D eigenvalue weighted by atomic mass is 16.7. The van der Waals surface area contributed by atoms with Crippen LogP contribution in [0.25, 0.3) is 0 Å². The summed E-state index contributed by atoms with van der Waals surface area (Å²) in [6.07, 6.45) is 6.99. The van der Waals surface area contributed by atoms with Crippen LogP contribution >= 0.6 is 0 Å². The van der Waals surface area contributed by atoms with Gasteiger partial charge in [-0.25, -0.2) is 0 Å². The van der Waals surface area contributed by atoms with E-state index in [1.807, 2.05) is 0 Å². The Hall–Kier alpha value is -0.380. The van der Waals surface area contributed by atoms with Crippen LogP contribution in [0.1, 0.15) is 26.2 Å². The average molecular weight is 186 g/mol. The first-order valence-electron chi connectivity index (χ1n) is 4.89. The van der Waals surface area contributed by atoms with E-state index < -0.39 is 0 Å². The summed E-state index contributed by atoms with van der Waals surface area (Å²) in [6, 6.07) is 0. The molecule has 1 heterocycles. The molecule has 0 aromatic rings. The van der Waals surface area contributed by atoms with Crippen molar-refractivity contribution >= 4 is 0 Å². The number of allylic oxidation sites excluding steroid dienone is 2. The summed E-state index contributed by atoms with van der Waals surface area (Å²) in [5, 5.41) is 8.77. The van der Waals surface area contributed by atoms with Gasteiger partial charge in [-0.3, -0.25) is 0 Å². The molecule has 1 aliphatic heterocycles. The quantitative estimate of drug-likeness (QED) is 0.661. The summed E-state index contributed by atoms with van der Waals surface area (Å²) >= 11 is 0. The molecule has 76 valence electrons. The minimum atomic E-state index is -0.112. The monoisotopic (exact) mass is 186 g/mol. The number of aliphatic hydroxyl groups excluding tert-OH is 1. The van der Waals surface area contributed by atoms with E-state index in [2.05, 4.69) is 19.1 Å². The third kappa shape index (κ3) is 3.89. The van der Waals surface area contributed by atoms with Gasteiger partial charge in [0.05, 0.1) is 13.2 Å². The Bertz CT molecular complexity index is 156. The molecular formula is C10H18O3. The van der Waals surface area contributed by atoms with Crippen LogP contribution in [0.2, 0.25) is 0 Å². The molecule has 3 heteroatoms. The van der Waals surface area contributed by atoms with Crippen molar-refractivity contribution in [3.63, 3.8) is 0 Å². The highest BCUT2D eigenvalue weighted by Crippen LogP contribution is 2.15. The Balaban J connectivity index is 2.06. The second-order valence-corrected chi connectivity index (χ2v) is 3.16. The van der Waals surface area contributed by atoms with E-state index in [-0.39, 0.29) is 19.0 Å². The molecule has 1 rings (SSSR count). The summed E-state index contributed by atoms with van der Waals surface area (Å²) in [4.78, 5) is 0. The van der Waals surface area contributed by atoms with Crippen molar-refractivity contribution < 1.29 is 14.6 Å². The molecule has 0 aliphatic carbocycles. The molecule has 0 spiro atoms. The maximum absolute atomic E-state index is 8.77. The highest BCUT2D eigenvalue weighted by Gasteiger charge is 2.24. The molecule has 0 aromatic carbocycles. The van der Waals surface area contributed by atoms with Crippen LogP contribution in [0.3, 0.4) is 0 Å². The molecule has 1 aliphatic rings. The SMILES string of the molecule is CC/C=C/CCC1OCC(CO)O1. The first-order valence-corrected chi connectivity index (χ1v) is 4.89. The number of aliphatic hydroxyl groups is 1. The molecule has 13 heavy (non-hydrogen) atoms. The van der Waals surface area contributed by atoms with Crippen molar-refractivity contribution in [1.29, 1.82) is 0 Å². The van der Waals surface area contributed by atoms with Gasteiger partial charge in [-0.2, -0.15) is 0 Å². The van der Waals surface area contributed by atoms with Crippen LogP contribution in [0.4, 0.5) is 0 Å². The van der Waals surface area contributed by atoms with E-state index in [1.165, 1.54) is 0 Å². The van der Waals surface area contributed by atoms with Gasteiger partial charge >= 0.3 is 0 Å². The minimum absolute atomic E-state index is 0.0568. The van der Waals surface area contributed by atoms with Gasteiger partial charge < -0.3 is 14.6 Å². The fourth-order valence-corrected chi connectivity index (χ4v) is 1.27. The van der Waals surface area contributed by atoms with Crippen LogP contribution in [0.5, 0.6) is 0 Å². The predicted octanol–water partition coefficient (Wildman–Crippen LogP) is 1.47. The Morgan fingerprint density at radius 3 is 2.92 bits per heavy atom. The molecule has 0 radical (unpaired) electrons. The van der Waals surface area contributed by atoms with E-state index in [1.54, 1.807) is 0 Å². The van der Waals surface area contributed by atoms with Gasteiger partial charge in [0.25, 0.3) is 0 Å². The Morgan fingerprint density at radius 2 is 2.31 bits per heavy atom. The van der Waals surface area contributed by atoms with Gasteiger partial charge in [-0.05, 0) is 12.8 Å². The molecule has 1 N–H and O–H groups in total. The van der Waals surface area contributed by atoms with E-state index in [4.69, 9.17) is 14.6 Å². The summed E-state index contributed by atoms with van der Waals surface area (Å²) in [5.74, 6) is 0. The van der Waals surface area contributed by atoms with E-state index >= 15 is 0 Å². The molecule has 1 saturated heterocycles. The van der Waals surface area contributed by atoms with Crippen LogP contribution in [0, 0.1) is 0 Å². The molecule has 0 amide bonds. The van der Waals surface area contributed by atoms with Crippen molar-refractivity contribution in [2.45, 2.75) is 38.6 Å². The first-order chi connectivity index (χ1) is 6.36. The zero-order valence-corrected chi connectivity index (χ0v) is 8.11. The third-order valence-electron chi connectivity index (χ3n) is 1.99. The molecule has 3 nitrogen and oxygen atoms in total. The largest absolute Gasteiger partial charge is 0.394 e. The number of hydrogen-bond acceptors (Lipinski definition) is 3. The fraction of sp³-hybridized carbons (Fsp3) is 0.800. The molecule has 2 atom stereocenters. The molecule has 2 unspecified atom stereocenters. The maximum atomic E-state index is 8.77. The lowest BCUT2D eigenvalue weighted by atomic mass is 10.2. The van der Waals surface area contributed by atoms with Crippen LogP contribution < -0.4 is 0 Å². The van der Waals surface area contributed by atoms with Gasteiger partial charge in [0.15, 0.2) is 6.29 Å². The van der Waals surface area contributed by atoms with Gasteiger partial charge in [-0.15, -0.1) is 0 Å². The minimum Gasteiger partial charge on any atom is -0.394 e. The summed E-state index contributed by atoms with van der Waals surface area (Å²) < 4.78 is 10.7. The summed E-state index contributed by atoms with van der Waals surface area (Å²) in [7, 11) is 0. The second kappa shape index (κ2) is 6.13. The number of rotatable bonds is 5. The van der Waals surface area contributed by atoms with Crippen LogP contribution in [-0.4, -0.2) is 30.7 Å². The van der Waals surface area contributed by atoms with Gasteiger partial charge in [0.1, 0.15) is 6.10 Å². The lowest BCUT2D eigenvalue weighted by Gasteiger charge is -2.07. The van der Waals surface area contributed by atoms with Crippen molar-refractivity contribution in [1.82, 2.24) is 0 Å². The van der Waals surface area contributed by atoms with Crippen molar-refractivity contribution in [3.8, 4) is 0 Å². The highest BCUT2D eigenvalue weighted by molar-refractivity contribution is 4.80. The smallest absolute Gasteiger partial charge is 0.158 e. The standard InChI is InChI=1S/C10H18O3/c1-2-3-4-5-6-10-12-8-9(7-11)13-10/h3-4,9-11H,2,5-8H2,1H3/b4-3+. The molecule has 0 bridgehead atoms. The lowest BCUT2D eigenvalue weighted by Crippen LogP contribution is -2.16. The molecule has 1 fully saturated rings.